The standard InChI is InChI=1S/C18H18BrClN2O2S/c1-10-7-13(19)8-11(2)17(10)22-18(25)21-15(9-16(23)24)12-3-5-14(20)6-4-12/h3-8,15H,9H2,1-2H3,(H,23,24)(H2,21,22,25). The average Bonchev–Trinajstić information content (AvgIpc) is 2.50. The number of rotatable bonds is 5. The molecule has 0 fully saturated rings. The molecular formula is C18H18BrClN2O2S. The lowest BCUT2D eigenvalue weighted by molar-refractivity contribution is -0.137. The molecule has 0 heterocycles. The highest BCUT2D eigenvalue weighted by molar-refractivity contribution is 9.10. The van der Waals surface area contributed by atoms with Crippen molar-refractivity contribution in [2.45, 2.75) is 26.3 Å². The third-order valence-corrected chi connectivity index (χ3v) is 4.62. The van der Waals surface area contributed by atoms with Crippen LogP contribution in [-0.2, 0) is 4.79 Å². The maximum Gasteiger partial charge on any atom is 0.305 e. The molecule has 0 aromatic heterocycles. The SMILES string of the molecule is Cc1cc(Br)cc(C)c1NC(=S)NC(CC(=O)O)c1ccc(Cl)cc1. The van der Waals surface area contributed by atoms with Crippen LogP contribution in [0, 0.1) is 13.8 Å². The summed E-state index contributed by atoms with van der Waals surface area (Å²) < 4.78 is 0.997. The van der Waals surface area contributed by atoms with E-state index in [1.54, 1.807) is 24.3 Å². The third-order valence-electron chi connectivity index (χ3n) is 3.69. The van der Waals surface area contributed by atoms with Gasteiger partial charge in [-0.3, -0.25) is 4.79 Å². The topological polar surface area (TPSA) is 61.4 Å². The second-order valence-corrected chi connectivity index (χ2v) is 7.48. The summed E-state index contributed by atoms with van der Waals surface area (Å²) in [4.78, 5) is 11.2. The number of aryl methyl sites for hydroxylation is 2. The summed E-state index contributed by atoms with van der Waals surface area (Å²) in [6, 6.07) is 10.6. The number of carboxylic acids is 1. The van der Waals surface area contributed by atoms with Gasteiger partial charge in [0.25, 0.3) is 0 Å². The summed E-state index contributed by atoms with van der Waals surface area (Å²) in [7, 11) is 0. The van der Waals surface area contributed by atoms with Crippen molar-refractivity contribution in [1.29, 1.82) is 0 Å². The molecule has 1 unspecified atom stereocenters. The molecular weight excluding hydrogens is 424 g/mol. The van der Waals surface area contributed by atoms with Crippen molar-refractivity contribution in [3.8, 4) is 0 Å². The van der Waals surface area contributed by atoms with Crippen molar-refractivity contribution < 1.29 is 9.90 Å². The van der Waals surface area contributed by atoms with Crippen molar-refractivity contribution >= 4 is 56.5 Å². The molecule has 1 atom stereocenters. The van der Waals surface area contributed by atoms with Gasteiger partial charge in [0.15, 0.2) is 5.11 Å². The molecule has 4 nitrogen and oxygen atoms in total. The smallest absolute Gasteiger partial charge is 0.305 e. The number of carbonyl (C=O) groups is 1. The van der Waals surface area contributed by atoms with Gasteiger partial charge in [0, 0.05) is 15.2 Å². The molecule has 2 aromatic carbocycles. The van der Waals surface area contributed by atoms with Gasteiger partial charge in [-0.1, -0.05) is 39.7 Å². The van der Waals surface area contributed by atoms with Gasteiger partial charge < -0.3 is 15.7 Å². The summed E-state index contributed by atoms with van der Waals surface area (Å²) >= 11 is 14.8. The van der Waals surface area contributed by atoms with Gasteiger partial charge in [0.1, 0.15) is 0 Å². The molecule has 132 valence electrons. The van der Waals surface area contributed by atoms with E-state index < -0.39 is 12.0 Å². The van der Waals surface area contributed by atoms with E-state index in [2.05, 4.69) is 26.6 Å². The molecule has 0 amide bonds. The van der Waals surface area contributed by atoms with Crippen LogP contribution in [0.2, 0.25) is 5.02 Å². The molecule has 2 aromatic rings. The fourth-order valence-corrected chi connectivity index (χ4v) is 3.59. The largest absolute Gasteiger partial charge is 0.481 e. The Balaban J connectivity index is 2.17. The van der Waals surface area contributed by atoms with Crippen LogP contribution in [0.4, 0.5) is 5.69 Å². The zero-order chi connectivity index (χ0) is 18.6. The molecule has 0 saturated carbocycles. The molecule has 0 saturated heterocycles. The van der Waals surface area contributed by atoms with E-state index in [9.17, 15) is 9.90 Å². The molecule has 0 radical (unpaired) electrons. The van der Waals surface area contributed by atoms with Crippen molar-refractivity contribution in [2.75, 3.05) is 5.32 Å². The van der Waals surface area contributed by atoms with Crippen LogP contribution < -0.4 is 10.6 Å². The Kier molecular flexibility index (Phi) is 6.81. The Morgan fingerprint density at radius 2 is 1.80 bits per heavy atom. The van der Waals surface area contributed by atoms with Gasteiger partial charge in [-0.15, -0.1) is 0 Å². The minimum atomic E-state index is -0.911. The van der Waals surface area contributed by atoms with Gasteiger partial charge in [-0.25, -0.2) is 0 Å². The zero-order valence-corrected chi connectivity index (χ0v) is 16.9. The molecule has 2 rings (SSSR count). The van der Waals surface area contributed by atoms with Crippen molar-refractivity contribution in [1.82, 2.24) is 5.32 Å². The van der Waals surface area contributed by atoms with E-state index in [1.165, 1.54) is 0 Å². The Hall–Kier alpha value is -1.63. The van der Waals surface area contributed by atoms with E-state index >= 15 is 0 Å². The molecule has 0 bridgehead atoms. The Morgan fingerprint density at radius 1 is 1.24 bits per heavy atom. The number of nitrogens with one attached hydrogen (secondary N) is 2. The van der Waals surface area contributed by atoms with Gasteiger partial charge >= 0.3 is 5.97 Å². The van der Waals surface area contributed by atoms with Gasteiger partial charge in [0.05, 0.1) is 12.5 Å². The first-order valence-corrected chi connectivity index (χ1v) is 9.15. The van der Waals surface area contributed by atoms with Crippen molar-refractivity contribution in [2.24, 2.45) is 0 Å². The molecule has 0 spiro atoms. The number of anilines is 1. The Labute approximate surface area is 165 Å². The average molecular weight is 442 g/mol. The summed E-state index contributed by atoms with van der Waals surface area (Å²) in [5.41, 5.74) is 3.79. The van der Waals surface area contributed by atoms with E-state index in [-0.39, 0.29) is 6.42 Å². The number of benzene rings is 2. The maximum absolute atomic E-state index is 11.2. The van der Waals surface area contributed by atoms with Gasteiger partial charge in [-0.05, 0) is 67.0 Å². The first-order valence-electron chi connectivity index (χ1n) is 7.58. The van der Waals surface area contributed by atoms with E-state index in [0.717, 1.165) is 26.9 Å². The normalized spacial score (nSPS) is 11.7. The highest BCUT2D eigenvalue weighted by Crippen LogP contribution is 2.26. The number of hydrogen-bond donors (Lipinski definition) is 3. The van der Waals surface area contributed by atoms with Crippen LogP contribution in [0.15, 0.2) is 40.9 Å². The fraction of sp³-hybridized carbons (Fsp3) is 0.222. The first-order chi connectivity index (χ1) is 11.8. The predicted molar refractivity (Wildman–Crippen MR) is 109 cm³/mol. The van der Waals surface area contributed by atoms with Crippen LogP contribution in [-0.4, -0.2) is 16.2 Å². The van der Waals surface area contributed by atoms with Crippen LogP contribution >= 0.6 is 39.7 Å². The van der Waals surface area contributed by atoms with Crippen LogP contribution in [0.5, 0.6) is 0 Å². The van der Waals surface area contributed by atoms with Gasteiger partial charge in [0.2, 0.25) is 0 Å². The highest BCUT2D eigenvalue weighted by atomic mass is 79.9. The predicted octanol–water partition coefficient (Wildman–Crippen LogP) is 5.22. The van der Waals surface area contributed by atoms with Crippen LogP contribution in [0.25, 0.3) is 0 Å². The monoisotopic (exact) mass is 440 g/mol. The number of aliphatic carboxylic acids is 1. The summed E-state index contributed by atoms with van der Waals surface area (Å²) in [5.74, 6) is -0.911. The van der Waals surface area contributed by atoms with E-state index in [1.807, 2.05) is 26.0 Å². The lowest BCUT2D eigenvalue weighted by atomic mass is 10.0. The number of halogens is 2. The Morgan fingerprint density at radius 3 is 2.32 bits per heavy atom. The zero-order valence-electron chi connectivity index (χ0n) is 13.8. The maximum atomic E-state index is 11.2. The van der Waals surface area contributed by atoms with Crippen molar-refractivity contribution in [3.05, 3.63) is 62.6 Å². The van der Waals surface area contributed by atoms with E-state index in [0.29, 0.717) is 10.1 Å². The van der Waals surface area contributed by atoms with Crippen LogP contribution in [0.3, 0.4) is 0 Å². The number of carboxylic acid groups (broad SMARTS) is 1. The summed E-state index contributed by atoms with van der Waals surface area (Å²) in [6.07, 6.45) is -0.0955. The molecule has 25 heavy (non-hydrogen) atoms. The first kappa shape index (κ1) is 19.7. The minimum Gasteiger partial charge on any atom is -0.481 e. The Bertz CT molecular complexity index is 773. The van der Waals surface area contributed by atoms with Gasteiger partial charge in [-0.2, -0.15) is 0 Å². The van der Waals surface area contributed by atoms with Crippen LogP contribution in [0.1, 0.15) is 29.2 Å². The molecule has 0 aliphatic carbocycles. The summed E-state index contributed by atoms with van der Waals surface area (Å²) in [6.45, 7) is 3.97. The molecule has 0 aliphatic heterocycles. The minimum absolute atomic E-state index is 0.0955. The highest BCUT2D eigenvalue weighted by Gasteiger charge is 2.17. The number of thiocarbonyl (C=S) groups is 1. The molecule has 7 heteroatoms. The lowest BCUT2D eigenvalue weighted by Crippen LogP contribution is -2.34. The fourth-order valence-electron chi connectivity index (χ4n) is 2.54. The molecule has 3 N–H and O–H groups in total. The second kappa shape index (κ2) is 8.65. The van der Waals surface area contributed by atoms with Crippen molar-refractivity contribution in [3.63, 3.8) is 0 Å². The quantitative estimate of drug-likeness (QED) is 0.555. The number of hydrogen-bond acceptors (Lipinski definition) is 2. The second-order valence-electron chi connectivity index (χ2n) is 5.72. The summed E-state index contributed by atoms with van der Waals surface area (Å²) in [5, 5.41) is 16.4. The van der Waals surface area contributed by atoms with E-state index in [4.69, 9.17) is 23.8 Å². The molecule has 0 aliphatic rings. The third kappa shape index (κ3) is 5.70. The lowest BCUT2D eigenvalue weighted by Gasteiger charge is -2.21.